The van der Waals surface area contributed by atoms with Crippen molar-refractivity contribution in [3.63, 3.8) is 0 Å². The van der Waals surface area contributed by atoms with Gasteiger partial charge in [0.1, 0.15) is 18.2 Å². The maximum absolute atomic E-state index is 13.0. The lowest BCUT2D eigenvalue weighted by atomic mass is 9.95. The molecule has 2 amide bonds. The Labute approximate surface area is 193 Å². The van der Waals surface area contributed by atoms with Gasteiger partial charge in [0.25, 0.3) is 0 Å². The number of benzene rings is 2. The number of ether oxygens (including phenoxy) is 2. The third-order valence-electron chi connectivity index (χ3n) is 6.13. The van der Waals surface area contributed by atoms with Crippen LogP contribution in [0.3, 0.4) is 0 Å². The van der Waals surface area contributed by atoms with Gasteiger partial charge in [-0.05, 0) is 35.1 Å². The summed E-state index contributed by atoms with van der Waals surface area (Å²) in [5, 5.41) is 14.4. The Morgan fingerprint density at radius 3 is 2.09 bits per heavy atom. The Balaban J connectivity index is 1.74. The molecule has 0 saturated heterocycles. The minimum atomic E-state index is -1.46. The molecule has 0 aliphatic heterocycles. The van der Waals surface area contributed by atoms with Gasteiger partial charge < -0.3 is 25.2 Å². The summed E-state index contributed by atoms with van der Waals surface area (Å²) in [5.74, 6) is -1.89. The highest BCUT2D eigenvalue weighted by Gasteiger charge is 2.41. The van der Waals surface area contributed by atoms with E-state index in [-0.39, 0.29) is 32.0 Å². The van der Waals surface area contributed by atoms with Crippen molar-refractivity contribution in [2.45, 2.75) is 44.2 Å². The number of aliphatic carboxylic acids is 1. The number of nitrogens with one attached hydrogen (secondary N) is 2. The smallest absolute Gasteiger partial charge is 0.408 e. The molecule has 8 heteroatoms. The second kappa shape index (κ2) is 10.5. The summed E-state index contributed by atoms with van der Waals surface area (Å²) in [6.45, 7) is 3.34. The molecule has 0 heterocycles. The molecular weight excluding hydrogens is 424 g/mol. The Bertz CT molecular complexity index is 978. The van der Waals surface area contributed by atoms with E-state index < -0.39 is 29.6 Å². The first-order valence-electron chi connectivity index (χ1n) is 11.0. The monoisotopic (exact) mass is 454 g/mol. The number of alkyl carbamates (subject to hydrolysis) is 1. The number of fused-ring (bicyclic) bond motifs is 3. The second-order valence-electron chi connectivity index (χ2n) is 8.09. The summed E-state index contributed by atoms with van der Waals surface area (Å²) in [6.07, 6.45) is -0.375. The minimum absolute atomic E-state index is 0.0982. The molecule has 3 rings (SSSR count). The molecule has 1 aliphatic carbocycles. The van der Waals surface area contributed by atoms with E-state index in [9.17, 15) is 19.5 Å². The van der Waals surface area contributed by atoms with Gasteiger partial charge in [0, 0.05) is 13.0 Å². The number of amides is 2. The number of methoxy groups -OCH3 is 1. The van der Waals surface area contributed by atoms with Crippen molar-refractivity contribution in [3.05, 3.63) is 59.7 Å². The number of carbonyl (C=O) groups is 3. The van der Waals surface area contributed by atoms with Crippen molar-refractivity contribution < 1.29 is 29.0 Å². The maximum Gasteiger partial charge on any atom is 0.408 e. The molecule has 2 aromatic carbocycles. The highest BCUT2D eigenvalue weighted by atomic mass is 16.5. The quantitative estimate of drug-likeness (QED) is 0.508. The minimum Gasteiger partial charge on any atom is -0.480 e. The number of hydrogen-bond acceptors (Lipinski definition) is 5. The highest BCUT2D eigenvalue weighted by molar-refractivity contribution is 5.93. The zero-order valence-electron chi connectivity index (χ0n) is 19.1. The summed E-state index contributed by atoms with van der Waals surface area (Å²) >= 11 is 0. The Kier molecular flexibility index (Phi) is 7.71. The van der Waals surface area contributed by atoms with Crippen LogP contribution in [0.25, 0.3) is 11.1 Å². The van der Waals surface area contributed by atoms with Gasteiger partial charge in [-0.1, -0.05) is 62.4 Å². The average molecular weight is 455 g/mol. The lowest BCUT2D eigenvalue weighted by molar-refractivity contribution is -0.143. The van der Waals surface area contributed by atoms with E-state index >= 15 is 0 Å². The number of carboxylic acid groups (broad SMARTS) is 1. The van der Waals surface area contributed by atoms with Crippen molar-refractivity contribution in [3.8, 4) is 11.1 Å². The molecule has 0 radical (unpaired) electrons. The molecule has 33 heavy (non-hydrogen) atoms. The maximum atomic E-state index is 13.0. The molecule has 0 fully saturated rings. The van der Waals surface area contributed by atoms with Crippen LogP contribution in [0.5, 0.6) is 0 Å². The van der Waals surface area contributed by atoms with Gasteiger partial charge in [-0.3, -0.25) is 4.79 Å². The van der Waals surface area contributed by atoms with Crippen LogP contribution in [0.1, 0.15) is 43.7 Å². The van der Waals surface area contributed by atoms with Crippen molar-refractivity contribution in [1.82, 2.24) is 10.6 Å². The van der Waals surface area contributed by atoms with E-state index in [1.54, 1.807) is 13.8 Å². The van der Waals surface area contributed by atoms with Crippen LogP contribution in [-0.2, 0) is 19.1 Å². The zero-order chi connectivity index (χ0) is 24.0. The zero-order valence-corrected chi connectivity index (χ0v) is 19.1. The molecule has 0 aromatic heterocycles. The van der Waals surface area contributed by atoms with E-state index in [0.717, 1.165) is 22.3 Å². The molecule has 0 saturated carbocycles. The summed E-state index contributed by atoms with van der Waals surface area (Å²) < 4.78 is 10.8. The molecule has 176 valence electrons. The predicted molar refractivity (Wildman–Crippen MR) is 123 cm³/mol. The van der Waals surface area contributed by atoms with Crippen LogP contribution in [0.15, 0.2) is 48.5 Å². The third kappa shape index (κ3) is 5.01. The first-order chi connectivity index (χ1) is 15.9. The number of hydrogen-bond donors (Lipinski definition) is 3. The summed E-state index contributed by atoms with van der Waals surface area (Å²) in [7, 11) is 1.41. The summed E-state index contributed by atoms with van der Waals surface area (Å²) in [6, 6.07) is 14.9. The van der Waals surface area contributed by atoms with Gasteiger partial charge in [0.15, 0.2) is 0 Å². The molecule has 8 nitrogen and oxygen atoms in total. The highest BCUT2D eigenvalue weighted by Crippen LogP contribution is 2.44. The van der Waals surface area contributed by atoms with Crippen LogP contribution in [0, 0.1) is 0 Å². The van der Waals surface area contributed by atoms with Gasteiger partial charge in [-0.15, -0.1) is 0 Å². The van der Waals surface area contributed by atoms with Gasteiger partial charge in [-0.25, -0.2) is 9.59 Å². The fourth-order valence-corrected chi connectivity index (χ4v) is 4.22. The fourth-order valence-electron chi connectivity index (χ4n) is 4.22. The van der Waals surface area contributed by atoms with Crippen LogP contribution in [-0.4, -0.2) is 55.0 Å². The number of carboxylic acids is 1. The summed E-state index contributed by atoms with van der Waals surface area (Å²) in [4.78, 5) is 37.1. The van der Waals surface area contributed by atoms with E-state index in [2.05, 4.69) is 10.6 Å². The van der Waals surface area contributed by atoms with Gasteiger partial charge in [0.05, 0.1) is 6.61 Å². The lowest BCUT2D eigenvalue weighted by Crippen LogP contribution is -2.63. The molecular formula is C25H30N2O6. The molecule has 1 unspecified atom stereocenters. The second-order valence-corrected chi connectivity index (χ2v) is 8.09. The summed E-state index contributed by atoms with van der Waals surface area (Å²) in [5.41, 5.74) is 2.93. The van der Waals surface area contributed by atoms with Crippen molar-refractivity contribution >= 4 is 18.0 Å². The molecule has 2 atom stereocenters. The topological polar surface area (TPSA) is 114 Å². The molecule has 3 N–H and O–H groups in total. The molecule has 0 bridgehead atoms. The SMILES string of the molecule is CC[C@H](NC(=O)C(CC)(COC)NC(=O)OCC1c2ccccc2-c2ccccc21)C(=O)O. The van der Waals surface area contributed by atoms with Gasteiger partial charge in [-0.2, -0.15) is 0 Å². The van der Waals surface area contributed by atoms with Gasteiger partial charge >= 0.3 is 12.1 Å². The lowest BCUT2D eigenvalue weighted by Gasteiger charge is -2.32. The van der Waals surface area contributed by atoms with Gasteiger partial charge in [0.2, 0.25) is 5.91 Å². The predicted octanol–water partition coefficient (Wildman–Crippen LogP) is 3.30. The standard InChI is InChI=1S/C25H30N2O6/c1-4-21(22(28)29)26-23(30)25(5-2,15-32-3)27-24(31)33-14-20-18-12-8-6-10-16(18)17-11-7-9-13-19(17)20/h6-13,20-21H,4-5,14-15H2,1-3H3,(H,26,30)(H,27,31)(H,28,29)/t21-,25?/m0/s1. The normalized spacial score (nSPS) is 15.0. The van der Waals surface area contributed by atoms with E-state index in [1.165, 1.54) is 7.11 Å². The Morgan fingerprint density at radius 1 is 1.03 bits per heavy atom. The van der Waals surface area contributed by atoms with E-state index in [0.29, 0.717) is 0 Å². The van der Waals surface area contributed by atoms with Crippen LogP contribution < -0.4 is 10.6 Å². The average Bonchev–Trinajstić information content (AvgIpc) is 3.14. The van der Waals surface area contributed by atoms with Crippen molar-refractivity contribution in [1.29, 1.82) is 0 Å². The third-order valence-corrected chi connectivity index (χ3v) is 6.13. The molecule has 2 aromatic rings. The first-order valence-corrected chi connectivity index (χ1v) is 11.0. The van der Waals surface area contributed by atoms with Crippen molar-refractivity contribution in [2.24, 2.45) is 0 Å². The van der Waals surface area contributed by atoms with Crippen LogP contribution in [0.4, 0.5) is 4.79 Å². The Morgan fingerprint density at radius 2 is 1.61 bits per heavy atom. The van der Waals surface area contributed by atoms with Crippen molar-refractivity contribution in [2.75, 3.05) is 20.3 Å². The largest absolute Gasteiger partial charge is 0.480 e. The molecule has 0 spiro atoms. The number of rotatable bonds is 10. The van der Waals surface area contributed by atoms with E-state index in [4.69, 9.17) is 9.47 Å². The fraction of sp³-hybridized carbons (Fsp3) is 0.400. The Hall–Kier alpha value is -3.39. The number of carbonyl (C=O) groups excluding carboxylic acids is 2. The van der Waals surface area contributed by atoms with Crippen LogP contribution >= 0.6 is 0 Å². The van der Waals surface area contributed by atoms with Crippen LogP contribution in [0.2, 0.25) is 0 Å². The first kappa shape index (κ1) is 24.3. The van der Waals surface area contributed by atoms with E-state index in [1.807, 2.05) is 48.5 Å². The molecule has 1 aliphatic rings.